The molecule has 2 N–H and O–H groups in total. The fourth-order valence-electron chi connectivity index (χ4n) is 1.46. The molecule has 0 radical (unpaired) electrons. The van der Waals surface area contributed by atoms with Crippen molar-refractivity contribution >= 4 is 5.97 Å². The van der Waals surface area contributed by atoms with Crippen LogP contribution in [0.25, 0.3) is 0 Å². The van der Waals surface area contributed by atoms with Gasteiger partial charge in [-0.05, 0) is 40.0 Å². The quantitative estimate of drug-likeness (QED) is 0.451. The molecule has 0 amide bonds. The van der Waals surface area contributed by atoms with Gasteiger partial charge in [-0.1, -0.05) is 0 Å². The number of carbonyl (C=O) groups excluding carboxylic acids is 1. The zero-order chi connectivity index (χ0) is 13.9. The highest BCUT2D eigenvalue weighted by Crippen LogP contribution is 2.12. The van der Waals surface area contributed by atoms with Crippen molar-refractivity contribution in [1.82, 2.24) is 0 Å². The Kier molecular flexibility index (Phi) is 9.92. The molecule has 0 heterocycles. The molecular weight excluding hydrogens is 234 g/mol. The molecule has 0 fully saturated rings. The smallest absolute Gasteiger partial charge is 0.325 e. The number of hydrogen-bond acceptors (Lipinski definition) is 5. The van der Waals surface area contributed by atoms with Gasteiger partial charge in [0.25, 0.3) is 0 Å². The lowest BCUT2D eigenvalue weighted by atomic mass is 9.96. The molecule has 0 aliphatic heterocycles. The van der Waals surface area contributed by atoms with Crippen LogP contribution in [0.2, 0.25) is 0 Å². The van der Waals surface area contributed by atoms with Crippen LogP contribution in [-0.4, -0.2) is 44.5 Å². The maximum Gasteiger partial charge on any atom is 0.325 e. The van der Waals surface area contributed by atoms with Crippen LogP contribution in [0.4, 0.5) is 0 Å². The molecule has 0 aromatic rings. The molecule has 0 aromatic carbocycles. The maximum atomic E-state index is 11.5. The van der Waals surface area contributed by atoms with E-state index in [1.807, 2.05) is 6.92 Å². The monoisotopic (exact) mass is 261 g/mol. The van der Waals surface area contributed by atoms with Gasteiger partial charge in [0.15, 0.2) is 0 Å². The zero-order valence-corrected chi connectivity index (χ0v) is 11.9. The molecule has 0 saturated heterocycles. The molecule has 0 rings (SSSR count). The Hall–Kier alpha value is -0.650. The van der Waals surface area contributed by atoms with Crippen molar-refractivity contribution in [3.05, 3.63) is 0 Å². The van der Waals surface area contributed by atoms with Gasteiger partial charge in [-0.2, -0.15) is 0 Å². The van der Waals surface area contributed by atoms with E-state index >= 15 is 0 Å². The van der Waals surface area contributed by atoms with Crippen LogP contribution >= 0.6 is 0 Å². The molecule has 0 aliphatic carbocycles. The summed E-state index contributed by atoms with van der Waals surface area (Å²) in [6, 6.07) is 0. The fraction of sp³-hybridized carbons (Fsp3) is 0.923. The van der Waals surface area contributed by atoms with E-state index in [1.165, 1.54) is 0 Å². The molecule has 1 unspecified atom stereocenters. The summed E-state index contributed by atoms with van der Waals surface area (Å²) in [5, 5.41) is 0. The Labute approximate surface area is 110 Å². The SMILES string of the molecule is CCOCCOCCCCC(C)(N)C(=O)OCC. The summed E-state index contributed by atoms with van der Waals surface area (Å²) >= 11 is 0. The number of hydrogen-bond donors (Lipinski definition) is 1. The van der Waals surface area contributed by atoms with Crippen LogP contribution in [0, 0.1) is 0 Å². The molecule has 5 heteroatoms. The second kappa shape index (κ2) is 10.3. The Morgan fingerprint density at radius 1 is 1.06 bits per heavy atom. The summed E-state index contributed by atoms with van der Waals surface area (Å²) in [4.78, 5) is 11.5. The number of nitrogens with two attached hydrogens (primary N) is 1. The molecule has 5 nitrogen and oxygen atoms in total. The Balaban J connectivity index is 3.49. The number of ether oxygens (including phenoxy) is 3. The van der Waals surface area contributed by atoms with Gasteiger partial charge >= 0.3 is 5.97 Å². The third kappa shape index (κ3) is 8.44. The van der Waals surface area contributed by atoms with Crippen molar-refractivity contribution < 1.29 is 19.0 Å². The summed E-state index contributed by atoms with van der Waals surface area (Å²) in [5.74, 6) is -0.331. The number of esters is 1. The van der Waals surface area contributed by atoms with Gasteiger partial charge in [-0.15, -0.1) is 0 Å². The maximum absolute atomic E-state index is 11.5. The van der Waals surface area contributed by atoms with E-state index in [0.29, 0.717) is 39.5 Å². The minimum Gasteiger partial charge on any atom is -0.465 e. The van der Waals surface area contributed by atoms with Gasteiger partial charge in [0.05, 0.1) is 19.8 Å². The fourth-order valence-corrected chi connectivity index (χ4v) is 1.46. The molecule has 0 bridgehead atoms. The molecule has 0 aromatic heterocycles. The predicted octanol–water partition coefficient (Wildman–Crippen LogP) is 1.49. The van der Waals surface area contributed by atoms with Crippen LogP contribution in [0.1, 0.15) is 40.0 Å². The molecule has 18 heavy (non-hydrogen) atoms. The second-order valence-corrected chi connectivity index (χ2v) is 4.40. The predicted molar refractivity (Wildman–Crippen MR) is 70.4 cm³/mol. The van der Waals surface area contributed by atoms with Crippen LogP contribution < -0.4 is 5.73 Å². The van der Waals surface area contributed by atoms with Crippen molar-refractivity contribution in [2.75, 3.05) is 33.0 Å². The van der Waals surface area contributed by atoms with Crippen molar-refractivity contribution in [1.29, 1.82) is 0 Å². The Bertz CT molecular complexity index is 219. The third-order valence-corrected chi connectivity index (χ3v) is 2.55. The van der Waals surface area contributed by atoms with Crippen LogP contribution in [-0.2, 0) is 19.0 Å². The van der Waals surface area contributed by atoms with E-state index < -0.39 is 5.54 Å². The first-order valence-electron chi connectivity index (χ1n) is 6.66. The summed E-state index contributed by atoms with van der Waals surface area (Å²) in [6.07, 6.45) is 2.35. The summed E-state index contributed by atoms with van der Waals surface area (Å²) in [5.41, 5.74) is 5.00. The van der Waals surface area contributed by atoms with E-state index in [2.05, 4.69) is 0 Å². The second-order valence-electron chi connectivity index (χ2n) is 4.40. The zero-order valence-electron chi connectivity index (χ0n) is 11.9. The normalized spacial score (nSPS) is 14.2. The average molecular weight is 261 g/mol. The lowest BCUT2D eigenvalue weighted by molar-refractivity contribution is -0.149. The largest absolute Gasteiger partial charge is 0.465 e. The highest BCUT2D eigenvalue weighted by molar-refractivity contribution is 5.79. The van der Waals surface area contributed by atoms with Gasteiger partial charge < -0.3 is 19.9 Å². The van der Waals surface area contributed by atoms with E-state index in [4.69, 9.17) is 19.9 Å². The van der Waals surface area contributed by atoms with Crippen molar-refractivity contribution in [3.8, 4) is 0 Å². The van der Waals surface area contributed by atoms with Gasteiger partial charge in [-0.25, -0.2) is 0 Å². The minimum absolute atomic E-state index is 0.331. The van der Waals surface area contributed by atoms with Gasteiger partial charge in [0, 0.05) is 13.2 Å². The lowest BCUT2D eigenvalue weighted by Gasteiger charge is -2.21. The number of unbranched alkanes of at least 4 members (excludes halogenated alkanes) is 1. The molecular formula is C13H27NO4. The summed E-state index contributed by atoms with van der Waals surface area (Å²) in [6.45, 7) is 8.45. The van der Waals surface area contributed by atoms with Crippen molar-refractivity contribution in [3.63, 3.8) is 0 Å². The van der Waals surface area contributed by atoms with Crippen LogP contribution in [0.3, 0.4) is 0 Å². The van der Waals surface area contributed by atoms with E-state index in [0.717, 1.165) is 12.8 Å². The lowest BCUT2D eigenvalue weighted by Crippen LogP contribution is -2.46. The molecule has 108 valence electrons. The molecule has 1 atom stereocenters. The number of carbonyl (C=O) groups is 1. The first-order valence-corrected chi connectivity index (χ1v) is 6.66. The van der Waals surface area contributed by atoms with Crippen LogP contribution in [0.15, 0.2) is 0 Å². The first-order chi connectivity index (χ1) is 8.54. The molecule has 0 aliphatic rings. The van der Waals surface area contributed by atoms with Crippen molar-refractivity contribution in [2.24, 2.45) is 5.73 Å². The Morgan fingerprint density at radius 2 is 1.72 bits per heavy atom. The van der Waals surface area contributed by atoms with E-state index in [-0.39, 0.29) is 5.97 Å². The number of rotatable bonds is 11. The summed E-state index contributed by atoms with van der Waals surface area (Å²) < 4.78 is 15.4. The van der Waals surface area contributed by atoms with Gasteiger partial charge in [-0.3, -0.25) is 4.79 Å². The highest BCUT2D eigenvalue weighted by Gasteiger charge is 2.28. The first kappa shape index (κ1) is 17.4. The van der Waals surface area contributed by atoms with Gasteiger partial charge in [0.2, 0.25) is 0 Å². The van der Waals surface area contributed by atoms with E-state index in [9.17, 15) is 4.79 Å². The average Bonchev–Trinajstić information content (AvgIpc) is 2.33. The Morgan fingerprint density at radius 3 is 2.33 bits per heavy atom. The van der Waals surface area contributed by atoms with Gasteiger partial charge in [0.1, 0.15) is 5.54 Å². The molecule has 0 saturated carbocycles. The minimum atomic E-state index is -0.888. The standard InChI is InChI=1S/C13H27NO4/c1-4-16-10-11-17-9-7-6-8-13(3,14)12(15)18-5-2/h4-11,14H2,1-3H3. The van der Waals surface area contributed by atoms with E-state index in [1.54, 1.807) is 13.8 Å². The van der Waals surface area contributed by atoms with Crippen LogP contribution in [0.5, 0.6) is 0 Å². The van der Waals surface area contributed by atoms with Crippen molar-refractivity contribution in [2.45, 2.75) is 45.6 Å². The molecule has 0 spiro atoms. The highest BCUT2D eigenvalue weighted by atomic mass is 16.5. The topological polar surface area (TPSA) is 70.8 Å². The summed E-state index contributed by atoms with van der Waals surface area (Å²) in [7, 11) is 0. The third-order valence-electron chi connectivity index (χ3n) is 2.55.